The fourth-order valence-corrected chi connectivity index (χ4v) is 5.78. The first kappa shape index (κ1) is 23.0. The summed E-state index contributed by atoms with van der Waals surface area (Å²) in [5.74, 6) is -0.734. The Morgan fingerprint density at radius 3 is 2.53 bits per heavy atom. The normalized spacial score (nSPS) is 16.9. The molecule has 3 rings (SSSR count). The molecule has 0 aromatic heterocycles. The van der Waals surface area contributed by atoms with Crippen LogP contribution in [0.4, 0.5) is 4.39 Å². The van der Waals surface area contributed by atoms with Gasteiger partial charge in [-0.05, 0) is 56.0 Å². The third-order valence-corrected chi connectivity index (χ3v) is 7.82. The Morgan fingerprint density at radius 1 is 1.20 bits per heavy atom. The van der Waals surface area contributed by atoms with Gasteiger partial charge < -0.3 is 5.32 Å². The quantitative estimate of drug-likeness (QED) is 0.681. The van der Waals surface area contributed by atoms with Crippen molar-refractivity contribution >= 4 is 39.1 Å². The van der Waals surface area contributed by atoms with Crippen LogP contribution in [0.1, 0.15) is 25.3 Å². The van der Waals surface area contributed by atoms with Crippen LogP contribution in [0.5, 0.6) is 0 Å². The van der Waals surface area contributed by atoms with Crippen LogP contribution in [0, 0.1) is 11.7 Å². The number of rotatable bonds is 6. The smallest absolute Gasteiger partial charge is 0.244 e. The lowest BCUT2D eigenvalue weighted by Crippen LogP contribution is -2.45. The Labute approximate surface area is 186 Å². The van der Waals surface area contributed by atoms with Crippen molar-refractivity contribution in [2.24, 2.45) is 5.92 Å². The number of piperidine rings is 1. The number of benzene rings is 2. The van der Waals surface area contributed by atoms with Crippen LogP contribution in [-0.2, 0) is 21.2 Å². The summed E-state index contributed by atoms with van der Waals surface area (Å²) < 4.78 is 40.9. The average molecular weight is 473 g/mol. The summed E-state index contributed by atoms with van der Waals surface area (Å²) >= 11 is 12.0. The lowest BCUT2D eigenvalue weighted by Gasteiger charge is -2.31. The molecule has 2 aromatic rings. The van der Waals surface area contributed by atoms with Gasteiger partial charge in [0.15, 0.2) is 0 Å². The second-order valence-corrected chi connectivity index (χ2v) is 10.2. The highest BCUT2D eigenvalue weighted by atomic mass is 35.5. The zero-order valence-electron chi connectivity index (χ0n) is 16.4. The maximum Gasteiger partial charge on any atom is 0.244 e. The number of halogens is 3. The molecule has 1 saturated heterocycles. The maximum atomic E-state index is 13.8. The Bertz CT molecular complexity index is 1020. The van der Waals surface area contributed by atoms with Gasteiger partial charge in [0.1, 0.15) is 10.7 Å². The predicted molar refractivity (Wildman–Crippen MR) is 116 cm³/mol. The maximum absolute atomic E-state index is 13.8. The number of hydrogen-bond acceptors (Lipinski definition) is 3. The summed E-state index contributed by atoms with van der Waals surface area (Å²) in [7, 11) is -3.79. The van der Waals surface area contributed by atoms with Crippen LogP contribution in [0.15, 0.2) is 47.4 Å². The van der Waals surface area contributed by atoms with Crippen molar-refractivity contribution in [3.8, 4) is 0 Å². The number of carbonyl (C=O) groups is 1. The van der Waals surface area contributed by atoms with Crippen molar-refractivity contribution in [3.05, 3.63) is 63.9 Å². The monoisotopic (exact) mass is 472 g/mol. The molecule has 5 nitrogen and oxygen atoms in total. The summed E-state index contributed by atoms with van der Waals surface area (Å²) in [6.45, 7) is 2.25. The van der Waals surface area contributed by atoms with Gasteiger partial charge in [-0.1, -0.05) is 41.4 Å². The van der Waals surface area contributed by atoms with Gasteiger partial charge >= 0.3 is 0 Å². The van der Waals surface area contributed by atoms with E-state index in [1.807, 2.05) is 6.92 Å². The number of nitrogens with one attached hydrogen (secondary N) is 1. The number of amides is 1. The molecule has 1 N–H and O–H groups in total. The van der Waals surface area contributed by atoms with E-state index in [1.165, 1.54) is 28.6 Å². The molecular formula is C21H23Cl2FN2O3S. The number of carbonyl (C=O) groups excluding carboxylic acids is 1. The van der Waals surface area contributed by atoms with E-state index in [0.29, 0.717) is 24.8 Å². The Kier molecular flexibility index (Phi) is 7.39. The molecule has 1 aliphatic heterocycles. The van der Waals surface area contributed by atoms with Crippen LogP contribution < -0.4 is 5.32 Å². The Hall–Kier alpha value is -1.67. The van der Waals surface area contributed by atoms with E-state index in [9.17, 15) is 17.6 Å². The molecule has 162 valence electrons. The van der Waals surface area contributed by atoms with Crippen molar-refractivity contribution in [1.29, 1.82) is 0 Å². The first-order valence-corrected chi connectivity index (χ1v) is 11.9. The summed E-state index contributed by atoms with van der Waals surface area (Å²) in [6, 6.07) is 10.6. The summed E-state index contributed by atoms with van der Waals surface area (Å²) in [5, 5.41) is 3.32. The van der Waals surface area contributed by atoms with Crippen molar-refractivity contribution in [3.63, 3.8) is 0 Å². The van der Waals surface area contributed by atoms with Gasteiger partial charge in [-0.25, -0.2) is 12.8 Å². The van der Waals surface area contributed by atoms with Gasteiger partial charge in [-0.3, -0.25) is 4.79 Å². The van der Waals surface area contributed by atoms with E-state index >= 15 is 0 Å². The van der Waals surface area contributed by atoms with Crippen LogP contribution in [0.2, 0.25) is 10.0 Å². The number of sulfonamides is 1. The second kappa shape index (κ2) is 9.64. The zero-order valence-corrected chi connectivity index (χ0v) is 18.8. The van der Waals surface area contributed by atoms with Crippen molar-refractivity contribution in [1.82, 2.24) is 9.62 Å². The summed E-state index contributed by atoms with van der Waals surface area (Å²) in [4.78, 5) is 12.6. The van der Waals surface area contributed by atoms with Crippen molar-refractivity contribution in [2.45, 2.75) is 37.1 Å². The molecule has 1 aliphatic rings. The zero-order chi connectivity index (χ0) is 21.9. The lowest BCUT2D eigenvalue weighted by molar-refractivity contribution is -0.126. The third kappa shape index (κ3) is 5.32. The third-order valence-electron chi connectivity index (χ3n) is 5.21. The molecular weight excluding hydrogens is 450 g/mol. The fraction of sp³-hybridized carbons (Fsp3) is 0.381. The van der Waals surface area contributed by atoms with E-state index < -0.39 is 10.0 Å². The van der Waals surface area contributed by atoms with Crippen LogP contribution >= 0.6 is 23.2 Å². The number of hydrogen-bond donors (Lipinski definition) is 1. The molecule has 1 fully saturated rings. The Balaban J connectivity index is 1.57. The average Bonchev–Trinajstić information content (AvgIpc) is 2.71. The largest absolute Gasteiger partial charge is 0.353 e. The highest BCUT2D eigenvalue weighted by molar-refractivity contribution is 7.89. The fourth-order valence-electron chi connectivity index (χ4n) is 3.58. The molecule has 0 saturated carbocycles. The van der Waals surface area contributed by atoms with E-state index in [2.05, 4.69) is 5.32 Å². The first-order chi connectivity index (χ1) is 14.2. The number of nitrogens with zero attached hydrogens (tertiary/aromatic N) is 1. The van der Waals surface area contributed by atoms with Crippen LogP contribution in [0.3, 0.4) is 0 Å². The molecule has 0 spiro atoms. The standard InChI is InChI=1S/C21H23Cl2FN2O3S/c1-14(12-16-4-2-3-5-19(16)24)25-21(27)15-8-10-26(11-9-15)30(28,29)20-13-17(22)6-7-18(20)23/h2-7,13-15H,8-12H2,1H3,(H,25,27). The van der Waals surface area contributed by atoms with Gasteiger partial charge in [0.25, 0.3) is 0 Å². The second-order valence-electron chi connectivity index (χ2n) is 7.46. The predicted octanol–water partition coefficient (Wildman–Crippen LogP) is 4.28. The molecule has 0 bridgehead atoms. The highest BCUT2D eigenvalue weighted by Gasteiger charge is 2.33. The minimum Gasteiger partial charge on any atom is -0.353 e. The molecule has 2 aromatic carbocycles. The minimum atomic E-state index is -3.79. The van der Waals surface area contributed by atoms with Crippen molar-refractivity contribution in [2.75, 3.05) is 13.1 Å². The van der Waals surface area contributed by atoms with Gasteiger partial charge in [0, 0.05) is 30.1 Å². The molecule has 1 amide bonds. The van der Waals surface area contributed by atoms with Crippen LogP contribution in [-0.4, -0.2) is 37.8 Å². The van der Waals surface area contributed by atoms with Gasteiger partial charge in [-0.2, -0.15) is 4.31 Å². The van der Waals surface area contributed by atoms with Gasteiger partial charge in [0.05, 0.1) is 5.02 Å². The molecule has 30 heavy (non-hydrogen) atoms. The van der Waals surface area contributed by atoms with E-state index in [0.717, 1.165) is 0 Å². The molecule has 1 heterocycles. The lowest BCUT2D eigenvalue weighted by atomic mass is 9.96. The van der Waals surface area contributed by atoms with Crippen molar-refractivity contribution < 1.29 is 17.6 Å². The van der Waals surface area contributed by atoms with Crippen LogP contribution in [0.25, 0.3) is 0 Å². The SMILES string of the molecule is CC(Cc1ccccc1F)NC(=O)C1CCN(S(=O)(=O)c2cc(Cl)ccc2Cl)CC1. The van der Waals surface area contributed by atoms with E-state index in [1.54, 1.807) is 18.2 Å². The topological polar surface area (TPSA) is 66.5 Å². The first-order valence-electron chi connectivity index (χ1n) is 9.67. The summed E-state index contributed by atoms with van der Waals surface area (Å²) in [5.41, 5.74) is 0.546. The molecule has 1 unspecified atom stereocenters. The Morgan fingerprint density at radius 2 is 1.87 bits per heavy atom. The molecule has 9 heteroatoms. The minimum absolute atomic E-state index is 0.0296. The van der Waals surface area contributed by atoms with Gasteiger partial charge in [0.2, 0.25) is 15.9 Å². The van der Waals surface area contributed by atoms with Gasteiger partial charge in [-0.15, -0.1) is 0 Å². The summed E-state index contributed by atoms with van der Waals surface area (Å²) in [6.07, 6.45) is 1.18. The molecule has 1 atom stereocenters. The molecule has 0 radical (unpaired) electrons. The van der Waals surface area contributed by atoms with E-state index in [-0.39, 0.29) is 51.7 Å². The molecule has 0 aliphatic carbocycles. The van der Waals surface area contributed by atoms with E-state index in [4.69, 9.17) is 23.2 Å². The highest BCUT2D eigenvalue weighted by Crippen LogP contribution is 2.30.